The Morgan fingerprint density at radius 1 is 0.632 bits per heavy atom. The monoisotopic (exact) mass is 271 g/mol. The van der Waals surface area contributed by atoms with Gasteiger partial charge in [-0.1, -0.05) is 34.1 Å². The SMILES string of the molecule is CCNCCCCCN(CC)CCCN(CC)CC. The standard InChI is InChI=1S/C16H37N3/c1-5-17-13-10-9-11-14-19(8-4)16-12-15-18(6-2)7-3/h17H,5-16H2,1-4H3. The Morgan fingerprint density at radius 2 is 1.21 bits per heavy atom. The van der Waals surface area contributed by atoms with Crippen molar-refractivity contribution in [2.45, 2.75) is 53.4 Å². The number of nitrogens with one attached hydrogen (secondary N) is 1. The maximum absolute atomic E-state index is 3.39. The van der Waals surface area contributed by atoms with Gasteiger partial charge in [0.2, 0.25) is 0 Å². The Morgan fingerprint density at radius 3 is 1.79 bits per heavy atom. The van der Waals surface area contributed by atoms with Gasteiger partial charge in [-0.25, -0.2) is 0 Å². The van der Waals surface area contributed by atoms with Gasteiger partial charge < -0.3 is 15.1 Å². The molecule has 0 heterocycles. The molecule has 19 heavy (non-hydrogen) atoms. The minimum atomic E-state index is 1.10. The largest absolute Gasteiger partial charge is 0.317 e. The normalized spacial score (nSPS) is 11.7. The van der Waals surface area contributed by atoms with Crippen LogP contribution in [0.4, 0.5) is 0 Å². The van der Waals surface area contributed by atoms with Crippen molar-refractivity contribution >= 4 is 0 Å². The molecule has 0 aromatic heterocycles. The Kier molecular flexibility index (Phi) is 14.2. The van der Waals surface area contributed by atoms with E-state index < -0.39 is 0 Å². The average molecular weight is 271 g/mol. The number of nitrogens with zero attached hydrogens (tertiary/aromatic N) is 2. The van der Waals surface area contributed by atoms with E-state index in [1.165, 1.54) is 71.5 Å². The molecule has 0 amide bonds. The van der Waals surface area contributed by atoms with Gasteiger partial charge in [0.1, 0.15) is 0 Å². The summed E-state index contributed by atoms with van der Waals surface area (Å²) >= 11 is 0. The molecule has 0 rings (SSSR count). The van der Waals surface area contributed by atoms with Gasteiger partial charge in [0, 0.05) is 0 Å². The van der Waals surface area contributed by atoms with E-state index in [0.29, 0.717) is 0 Å². The van der Waals surface area contributed by atoms with Crippen LogP contribution in [0.25, 0.3) is 0 Å². The molecule has 0 atom stereocenters. The molecular weight excluding hydrogens is 234 g/mol. The first kappa shape index (κ1) is 18.9. The summed E-state index contributed by atoms with van der Waals surface area (Å²) in [5.74, 6) is 0. The van der Waals surface area contributed by atoms with Crippen molar-refractivity contribution in [3.63, 3.8) is 0 Å². The summed E-state index contributed by atoms with van der Waals surface area (Å²) < 4.78 is 0. The Bertz CT molecular complexity index is 169. The van der Waals surface area contributed by atoms with Gasteiger partial charge in [-0.05, 0) is 71.6 Å². The summed E-state index contributed by atoms with van der Waals surface area (Å²) in [5, 5.41) is 3.39. The van der Waals surface area contributed by atoms with Crippen molar-refractivity contribution < 1.29 is 0 Å². The molecule has 1 N–H and O–H groups in total. The molecule has 3 nitrogen and oxygen atoms in total. The van der Waals surface area contributed by atoms with Gasteiger partial charge in [-0.2, -0.15) is 0 Å². The molecule has 0 radical (unpaired) electrons. The fraction of sp³-hybridized carbons (Fsp3) is 1.00. The highest BCUT2D eigenvalue weighted by atomic mass is 15.1. The Hall–Kier alpha value is -0.120. The summed E-state index contributed by atoms with van der Waals surface area (Å²) in [6, 6.07) is 0. The van der Waals surface area contributed by atoms with Crippen LogP contribution in [0, 0.1) is 0 Å². The predicted octanol–water partition coefficient (Wildman–Crippen LogP) is 2.82. The van der Waals surface area contributed by atoms with Crippen molar-refractivity contribution in [3.8, 4) is 0 Å². The van der Waals surface area contributed by atoms with Crippen molar-refractivity contribution in [3.05, 3.63) is 0 Å². The number of hydrogen-bond acceptors (Lipinski definition) is 3. The first-order chi connectivity index (χ1) is 9.28. The van der Waals surface area contributed by atoms with E-state index in [0.717, 1.165) is 6.54 Å². The van der Waals surface area contributed by atoms with Gasteiger partial charge in [0.15, 0.2) is 0 Å². The summed E-state index contributed by atoms with van der Waals surface area (Å²) in [5.41, 5.74) is 0. The number of rotatable bonds is 14. The van der Waals surface area contributed by atoms with E-state index in [-0.39, 0.29) is 0 Å². The minimum Gasteiger partial charge on any atom is -0.317 e. The second-order valence-corrected chi connectivity index (χ2v) is 5.23. The molecule has 0 aromatic carbocycles. The topological polar surface area (TPSA) is 18.5 Å². The molecule has 0 spiro atoms. The third kappa shape index (κ3) is 11.4. The first-order valence-electron chi connectivity index (χ1n) is 8.43. The summed E-state index contributed by atoms with van der Waals surface area (Å²) in [7, 11) is 0. The molecule has 3 heteroatoms. The van der Waals surface area contributed by atoms with E-state index in [9.17, 15) is 0 Å². The molecular formula is C16H37N3. The zero-order chi connectivity index (χ0) is 14.3. The van der Waals surface area contributed by atoms with E-state index in [1.807, 2.05) is 0 Å². The molecule has 0 bridgehead atoms. The van der Waals surface area contributed by atoms with Gasteiger partial charge in [0.25, 0.3) is 0 Å². The van der Waals surface area contributed by atoms with Crippen molar-refractivity contribution in [1.29, 1.82) is 0 Å². The van der Waals surface area contributed by atoms with Gasteiger partial charge in [-0.3, -0.25) is 0 Å². The van der Waals surface area contributed by atoms with Crippen LogP contribution in [-0.4, -0.2) is 62.2 Å². The van der Waals surface area contributed by atoms with E-state index in [1.54, 1.807) is 0 Å². The molecule has 0 aliphatic carbocycles. The maximum Gasteiger partial charge on any atom is -0.000666 e. The van der Waals surface area contributed by atoms with Crippen LogP contribution in [0.1, 0.15) is 53.4 Å². The summed E-state index contributed by atoms with van der Waals surface area (Å²) in [4.78, 5) is 5.13. The third-order valence-electron chi connectivity index (χ3n) is 3.87. The van der Waals surface area contributed by atoms with Crippen LogP contribution in [0.15, 0.2) is 0 Å². The molecule has 0 aromatic rings. The molecule has 0 fully saturated rings. The highest BCUT2D eigenvalue weighted by Crippen LogP contribution is 2.00. The molecule has 0 aliphatic heterocycles. The zero-order valence-corrected chi connectivity index (χ0v) is 13.9. The lowest BCUT2D eigenvalue weighted by atomic mass is 10.2. The quantitative estimate of drug-likeness (QED) is 0.490. The van der Waals surface area contributed by atoms with Gasteiger partial charge in [-0.15, -0.1) is 0 Å². The summed E-state index contributed by atoms with van der Waals surface area (Å²) in [6.45, 7) is 18.6. The van der Waals surface area contributed by atoms with Gasteiger partial charge >= 0.3 is 0 Å². The lowest BCUT2D eigenvalue weighted by Crippen LogP contribution is -2.30. The van der Waals surface area contributed by atoms with Crippen LogP contribution in [-0.2, 0) is 0 Å². The Labute approximate surface area is 121 Å². The van der Waals surface area contributed by atoms with E-state index in [4.69, 9.17) is 0 Å². The highest BCUT2D eigenvalue weighted by molar-refractivity contribution is 4.60. The van der Waals surface area contributed by atoms with E-state index >= 15 is 0 Å². The smallest absolute Gasteiger partial charge is 0.000666 e. The average Bonchev–Trinajstić information content (AvgIpc) is 2.45. The van der Waals surface area contributed by atoms with Crippen LogP contribution in [0.5, 0.6) is 0 Å². The van der Waals surface area contributed by atoms with Crippen LogP contribution >= 0.6 is 0 Å². The second kappa shape index (κ2) is 14.3. The van der Waals surface area contributed by atoms with Crippen molar-refractivity contribution in [2.24, 2.45) is 0 Å². The fourth-order valence-corrected chi connectivity index (χ4v) is 2.42. The predicted molar refractivity (Wildman–Crippen MR) is 86.9 cm³/mol. The number of hydrogen-bond donors (Lipinski definition) is 1. The van der Waals surface area contributed by atoms with Crippen LogP contribution in [0.3, 0.4) is 0 Å². The molecule has 0 saturated carbocycles. The lowest BCUT2D eigenvalue weighted by Gasteiger charge is -2.23. The molecule has 0 aliphatic rings. The van der Waals surface area contributed by atoms with Crippen LogP contribution in [0.2, 0.25) is 0 Å². The van der Waals surface area contributed by atoms with Gasteiger partial charge in [0.05, 0.1) is 0 Å². The zero-order valence-electron chi connectivity index (χ0n) is 13.9. The summed E-state index contributed by atoms with van der Waals surface area (Å²) in [6.07, 6.45) is 5.35. The molecule has 0 saturated heterocycles. The highest BCUT2D eigenvalue weighted by Gasteiger charge is 2.03. The molecule has 0 unspecified atom stereocenters. The van der Waals surface area contributed by atoms with E-state index in [2.05, 4.69) is 42.8 Å². The molecule has 116 valence electrons. The van der Waals surface area contributed by atoms with Crippen molar-refractivity contribution in [1.82, 2.24) is 15.1 Å². The minimum absolute atomic E-state index is 1.10. The van der Waals surface area contributed by atoms with Crippen LogP contribution < -0.4 is 5.32 Å². The lowest BCUT2D eigenvalue weighted by molar-refractivity contribution is 0.240. The first-order valence-corrected chi connectivity index (χ1v) is 8.43. The third-order valence-corrected chi connectivity index (χ3v) is 3.87. The number of unbranched alkanes of at least 4 members (excludes halogenated alkanes) is 2. The van der Waals surface area contributed by atoms with Crippen molar-refractivity contribution in [2.75, 3.05) is 52.4 Å². The Balaban J connectivity index is 3.49. The second-order valence-electron chi connectivity index (χ2n) is 5.23. The fourth-order valence-electron chi connectivity index (χ4n) is 2.42. The maximum atomic E-state index is 3.39.